The SMILES string of the molecule is CN(C)C1(C(NN)c2cccc3c2OCC3)CCCCC1. The van der Waals surface area contributed by atoms with Gasteiger partial charge >= 0.3 is 0 Å². The molecule has 1 unspecified atom stereocenters. The highest BCUT2D eigenvalue weighted by Gasteiger charge is 2.43. The van der Waals surface area contributed by atoms with Gasteiger partial charge in [0.1, 0.15) is 5.75 Å². The smallest absolute Gasteiger partial charge is 0.127 e. The summed E-state index contributed by atoms with van der Waals surface area (Å²) in [7, 11) is 4.36. The Labute approximate surface area is 127 Å². The highest BCUT2D eigenvalue weighted by Crippen LogP contribution is 2.45. The lowest BCUT2D eigenvalue weighted by Gasteiger charge is -2.48. The second kappa shape index (κ2) is 5.95. The van der Waals surface area contributed by atoms with E-state index in [0.29, 0.717) is 0 Å². The van der Waals surface area contributed by atoms with E-state index in [4.69, 9.17) is 10.6 Å². The molecule has 1 aliphatic carbocycles. The first-order chi connectivity index (χ1) is 10.2. The van der Waals surface area contributed by atoms with Gasteiger partial charge in [-0.3, -0.25) is 11.3 Å². The van der Waals surface area contributed by atoms with E-state index in [1.54, 1.807) is 0 Å². The first-order valence-electron chi connectivity index (χ1n) is 8.07. The quantitative estimate of drug-likeness (QED) is 0.660. The van der Waals surface area contributed by atoms with Crippen molar-refractivity contribution in [2.45, 2.75) is 50.1 Å². The van der Waals surface area contributed by atoms with Gasteiger partial charge in [0.2, 0.25) is 0 Å². The fourth-order valence-electron chi connectivity index (χ4n) is 4.16. The van der Waals surface area contributed by atoms with Crippen LogP contribution in [0.2, 0.25) is 0 Å². The van der Waals surface area contributed by atoms with Crippen molar-refractivity contribution in [2.24, 2.45) is 5.84 Å². The summed E-state index contributed by atoms with van der Waals surface area (Å²) < 4.78 is 5.91. The number of nitrogens with one attached hydrogen (secondary N) is 1. The zero-order chi connectivity index (χ0) is 14.9. The summed E-state index contributed by atoms with van der Waals surface area (Å²) in [5, 5.41) is 0. The largest absolute Gasteiger partial charge is 0.493 e. The normalized spacial score (nSPS) is 21.9. The van der Waals surface area contributed by atoms with Crippen molar-refractivity contribution < 1.29 is 4.74 Å². The number of hydrogen-bond acceptors (Lipinski definition) is 4. The highest BCUT2D eigenvalue weighted by atomic mass is 16.5. The van der Waals surface area contributed by atoms with Crippen LogP contribution >= 0.6 is 0 Å². The van der Waals surface area contributed by atoms with Gasteiger partial charge in [0, 0.05) is 17.5 Å². The molecule has 1 aliphatic heterocycles. The molecule has 2 aliphatic rings. The molecule has 1 fully saturated rings. The number of hydrazine groups is 1. The van der Waals surface area contributed by atoms with E-state index >= 15 is 0 Å². The molecule has 0 spiro atoms. The molecule has 0 saturated heterocycles. The van der Waals surface area contributed by atoms with Crippen molar-refractivity contribution in [3.63, 3.8) is 0 Å². The topological polar surface area (TPSA) is 50.5 Å². The Kier molecular flexibility index (Phi) is 4.20. The van der Waals surface area contributed by atoms with Gasteiger partial charge in [0.15, 0.2) is 0 Å². The minimum Gasteiger partial charge on any atom is -0.493 e. The minimum atomic E-state index is 0.0775. The number of nitrogens with two attached hydrogens (primary N) is 1. The lowest BCUT2D eigenvalue weighted by Crippen LogP contribution is -2.56. The van der Waals surface area contributed by atoms with Crippen LogP contribution in [-0.2, 0) is 6.42 Å². The van der Waals surface area contributed by atoms with Gasteiger partial charge in [0.05, 0.1) is 12.6 Å². The molecule has 0 bridgehead atoms. The van der Waals surface area contributed by atoms with Gasteiger partial charge in [-0.1, -0.05) is 37.5 Å². The second-order valence-corrected chi connectivity index (χ2v) is 6.59. The highest BCUT2D eigenvalue weighted by molar-refractivity contribution is 5.46. The predicted molar refractivity (Wildman–Crippen MR) is 85.2 cm³/mol. The van der Waals surface area contributed by atoms with Crippen LogP contribution in [0.25, 0.3) is 0 Å². The number of hydrogen-bond donors (Lipinski definition) is 2. The standard InChI is InChI=1S/C17H27N3O/c1-20(2)17(10-4-3-5-11-17)16(19-18)14-8-6-7-13-9-12-21-15(13)14/h6-8,16,19H,3-5,9-12,18H2,1-2H3. The molecular weight excluding hydrogens is 262 g/mol. The Morgan fingerprint density at radius 2 is 2.00 bits per heavy atom. The van der Waals surface area contributed by atoms with Crippen molar-refractivity contribution in [1.29, 1.82) is 0 Å². The summed E-state index contributed by atoms with van der Waals surface area (Å²) in [5.41, 5.74) is 5.74. The maximum atomic E-state index is 6.02. The number of fused-ring (bicyclic) bond motifs is 1. The van der Waals surface area contributed by atoms with E-state index in [1.807, 2.05) is 0 Å². The van der Waals surface area contributed by atoms with Crippen LogP contribution in [0.3, 0.4) is 0 Å². The molecule has 1 atom stereocenters. The second-order valence-electron chi connectivity index (χ2n) is 6.59. The van der Waals surface area contributed by atoms with E-state index in [-0.39, 0.29) is 11.6 Å². The third kappa shape index (κ3) is 2.45. The van der Waals surface area contributed by atoms with Gasteiger partial charge in [0.25, 0.3) is 0 Å². The maximum absolute atomic E-state index is 6.02. The van der Waals surface area contributed by atoms with Crippen LogP contribution in [0.5, 0.6) is 5.75 Å². The lowest BCUT2D eigenvalue weighted by molar-refractivity contribution is 0.0554. The summed E-state index contributed by atoms with van der Waals surface area (Å²) >= 11 is 0. The third-order valence-corrected chi connectivity index (χ3v) is 5.37. The number of benzene rings is 1. The Hall–Kier alpha value is -1.10. The molecule has 4 heteroatoms. The molecule has 116 valence electrons. The summed E-state index contributed by atoms with van der Waals surface area (Å²) in [5.74, 6) is 7.08. The van der Waals surface area contributed by atoms with E-state index in [2.05, 4.69) is 42.6 Å². The van der Waals surface area contributed by atoms with Crippen molar-refractivity contribution >= 4 is 0 Å². The van der Waals surface area contributed by atoms with Crippen LogP contribution in [-0.4, -0.2) is 31.1 Å². The van der Waals surface area contributed by atoms with Gasteiger partial charge in [-0.2, -0.15) is 0 Å². The number of likely N-dealkylation sites (N-methyl/N-ethyl adjacent to an activating group) is 1. The molecule has 0 radical (unpaired) electrons. The van der Waals surface area contributed by atoms with Crippen molar-refractivity contribution in [3.8, 4) is 5.75 Å². The molecule has 0 aromatic heterocycles. The van der Waals surface area contributed by atoms with E-state index < -0.39 is 0 Å². The van der Waals surface area contributed by atoms with Gasteiger partial charge in [-0.25, -0.2) is 0 Å². The summed E-state index contributed by atoms with van der Waals surface area (Å²) in [6, 6.07) is 6.59. The van der Waals surface area contributed by atoms with Gasteiger partial charge < -0.3 is 9.64 Å². The number of nitrogens with zero attached hydrogens (tertiary/aromatic N) is 1. The lowest BCUT2D eigenvalue weighted by atomic mass is 9.73. The Bertz CT molecular complexity index is 495. The van der Waals surface area contributed by atoms with Crippen LogP contribution < -0.4 is 16.0 Å². The van der Waals surface area contributed by atoms with Crippen molar-refractivity contribution in [1.82, 2.24) is 10.3 Å². The van der Waals surface area contributed by atoms with Crippen molar-refractivity contribution in [2.75, 3.05) is 20.7 Å². The molecule has 0 amide bonds. The van der Waals surface area contributed by atoms with Gasteiger partial charge in [-0.05, 0) is 32.5 Å². The number of rotatable bonds is 4. The maximum Gasteiger partial charge on any atom is 0.127 e. The molecule has 1 aromatic rings. The minimum absolute atomic E-state index is 0.0775. The first-order valence-corrected chi connectivity index (χ1v) is 8.07. The Balaban J connectivity index is 2.02. The average molecular weight is 289 g/mol. The van der Waals surface area contributed by atoms with E-state index in [1.165, 1.54) is 43.2 Å². The first kappa shape index (κ1) is 14.8. The fraction of sp³-hybridized carbons (Fsp3) is 0.647. The number of para-hydroxylation sites is 1. The predicted octanol–water partition coefficient (Wildman–Crippen LogP) is 2.39. The molecule has 1 heterocycles. The zero-order valence-electron chi connectivity index (χ0n) is 13.2. The Morgan fingerprint density at radius 1 is 1.24 bits per heavy atom. The molecule has 1 saturated carbocycles. The molecular formula is C17H27N3O. The fourth-order valence-corrected chi connectivity index (χ4v) is 4.16. The molecule has 3 rings (SSSR count). The zero-order valence-corrected chi connectivity index (χ0v) is 13.2. The molecule has 4 nitrogen and oxygen atoms in total. The van der Waals surface area contributed by atoms with E-state index in [0.717, 1.165) is 18.8 Å². The van der Waals surface area contributed by atoms with Crippen LogP contribution in [0.1, 0.15) is 49.3 Å². The average Bonchev–Trinajstić information content (AvgIpc) is 2.98. The monoisotopic (exact) mass is 289 g/mol. The van der Waals surface area contributed by atoms with Gasteiger partial charge in [-0.15, -0.1) is 0 Å². The summed E-state index contributed by atoms with van der Waals surface area (Å²) in [6.07, 6.45) is 7.24. The molecule has 21 heavy (non-hydrogen) atoms. The third-order valence-electron chi connectivity index (χ3n) is 5.37. The summed E-state index contributed by atoms with van der Waals surface area (Å²) in [6.45, 7) is 0.790. The summed E-state index contributed by atoms with van der Waals surface area (Å²) in [4.78, 5) is 2.37. The van der Waals surface area contributed by atoms with Crippen LogP contribution in [0, 0.1) is 0 Å². The molecule has 1 aromatic carbocycles. The van der Waals surface area contributed by atoms with Crippen molar-refractivity contribution in [3.05, 3.63) is 29.3 Å². The molecule has 3 N–H and O–H groups in total. The van der Waals surface area contributed by atoms with Crippen LogP contribution in [0.15, 0.2) is 18.2 Å². The number of ether oxygens (including phenoxy) is 1. The van der Waals surface area contributed by atoms with E-state index in [9.17, 15) is 0 Å². The Morgan fingerprint density at radius 3 is 2.67 bits per heavy atom. The van der Waals surface area contributed by atoms with Crippen LogP contribution in [0.4, 0.5) is 0 Å².